The van der Waals surface area contributed by atoms with Crippen molar-refractivity contribution < 1.29 is 4.74 Å². The second-order valence-corrected chi connectivity index (χ2v) is 6.40. The van der Waals surface area contributed by atoms with E-state index in [0.29, 0.717) is 12.6 Å². The van der Waals surface area contributed by atoms with Crippen LogP contribution in [-0.4, -0.2) is 62.1 Å². The molecular formula is C19H33IN4O. The molecule has 1 heterocycles. The molecule has 1 saturated heterocycles. The third-order valence-electron chi connectivity index (χ3n) is 4.47. The molecule has 0 radical (unpaired) electrons. The molecule has 1 unspecified atom stereocenters. The molecule has 0 amide bonds. The molecular weight excluding hydrogens is 427 g/mol. The molecule has 1 fully saturated rings. The first-order valence-electron chi connectivity index (χ1n) is 9.05. The fourth-order valence-corrected chi connectivity index (χ4v) is 3.08. The van der Waals surface area contributed by atoms with Crippen LogP contribution < -0.4 is 10.1 Å². The van der Waals surface area contributed by atoms with Crippen molar-refractivity contribution in [1.82, 2.24) is 15.1 Å². The molecule has 2 rings (SSSR count). The molecule has 1 aromatic carbocycles. The number of benzene rings is 1. The second kappa shape index (κ2) is 11.6. The quantitative estimate of drug-likeness (QED) is 0.386. The number of ether oxygens (including phenoxy) is 1. The van der Waals surface area contributed by atoms with Gasteiger partial charge in [-0.15, -0.1) is 24.0 Å². The van der Waals surface area contributed by atoms with Crippen molar-refractivity contribution in [2.45, 2.75) is 39.3 Å². The Kier molecular flexibility index (Phi) is 10.2. The summed E-state index contributed by atoms with van der Waals surface area (Å²) < 4.78 is 5.50. The van der Waals surface area contributed by atoms with Crippen LogP contribution in [0.15, 0.2) is 29.3 Å². The Morgan fingerprint density at radius 2 is 2.04 bits per heavy atom. The van der Waals surface area contributed by atoms with E-state index in [1.54, 1.807) is 0 Å². The summed E-state index contributed by atoms with van der Waals surface area (Å²) in [5.41, 5.74) is 1.25. The highest BCUT2D eigenvalue weighted by molar-refractivity contribution is 14.0. The smallest absolute Gasteiger partial charge is 0.194 e. The highest BCUT2D eigenvalue weighted by Crippen LogP contribution is 2.15. The van der Waals surface area contributed by atoms with Crippen molar-refractivity contribution in [3.63, 3.8) is 0 Å². The lowest BCUT2D eigenvalue weighted by Crippen LogP contribution is -2.39. The standard InChI is InChI=1S/C19H32N4O.HI/c1-5-20-19(21-14-17-8-7-13-22(17)3)23(4)15-16-9-11-18(12-10-16)24-6-2;/h9-12,17H,5-8,13-15H2,1-4H3,(H,20,21);1H. The first kappa shape index (κ1) is 22.0. The van der Waals surface area contributed by atoms with Gasteiger partial charge in [0.15, 0.2) is 5.96 Å². The lowest BCUT2D eigenvalue weighted by molar-refractivity contribution is 0.316. The molecule has 1 aliphatic heterocycles. The fraction of sp³-hybridized carbons (Fsp3) is 0.632. The third-order valence-corrected chi connectivity index (χ3v) is 4.47. The number of likely N-dealkylation sites (N-methyl/N-ethyl adjacent to an activating group) is 1. The molecule has 0 aromatic heterocycles. The molecule has 0 saturated carbocycles. The molecule has 0 aliphatic carbocycles. The summed E-state index contributed by atoms with van der Waals surface area (Å²) >= 11 is 0. The van der Waals surface area contributed by atoms with Crippen LogP contribution in [0.3, 0.4) is 0 Å². The van der Waals surface area contributed by atoms with E-state index in [1.807, 2.05) is 19.1 Å². The van der Waals surface area contributed by atoms with E-state index in [4.69, 9.17) is 9.73 Å². The average Bonchev–Trinajstić information content (AvgIpc) is 2.98. The van der Waals surface area contributed by atoms with Gasteiger partial charge in [0.2, 0.25) is 0 Å². The number of rotatable bonds is 7. The molecule has 5 nitrogen and oxygen atoms in total. The first-order valence-corrected chi connectivity index (χ1v) is 9.05. The maximum atomic E-state index is 5.50. The first-order chi connectivity index (χ1) is 11.6. The number of hydrogen-bond acceptors (Lipinski definition) is 3. The van der Waals surface area contributed by atoms with Crippen molar-refractivity contribution in [2.75, 3.05) is 40.3 Å². The summed E-state index contributed by atoms with van der Waals surface area (Å²) in [6.07, 6.45) is 2.54. The van der Waals surface area contributed by atoms with Gasteiger partial charge in [-0.25, -0.2) is 0 Å². The van der Waals surface area contributed by atoms with Crippen LogP contribution in [0.2, 0.25) is 0 Å². The molecule has 0 bridgehead atoms. The molecule has 0 spiro atoms. The van der Waals surface area contributed by atoms with Crippen LogP contribution in [0.4, 0.5) is 0 Å². The molecule has 25 heavy (non-hydrogen) atoms. The lowest BCUT2D eigenvalue weighted by Gasteiger charge is -2.24. The van der Waals surface area contributed by atoms with Crippen LogP contribution in [0.25, 0.3) is 0 Å². The van der Waals surface area contributed by atoms with Crippen molar-refractivity contribution in [3.8, 4) is 5.75 Å². The van der Waals surface area contributed by atoms with E-state index in [2.05, 4.69) is 48.3 Å². The van der Waals surface area contributed by atoms with E-state index >= 15 is 0 Å². The van der Waals surface area contributed by atoms with Gasteiger partial charge in [0.05, 0.1) is 13.2 Å². The predicted octanol–water partition coefficient (Wildman–Crippen LogP) is 3.19. The van der Waals surface area contributed by atoms with Gasteiger partial charge in [-0.1, -0.05) is 12.1 Å². The molecule has 6 heteroatoms. The Morgan fingerprint density at radius 3 is 2.60 bits per heavy atom. The largest absolute Gasteiger partial charge is 0.494 e. The summed E-state index contributed by atoms with van der Waals surface area (Å²) in [5, 5.41) is 3.41. The van der Waals surface area contributed by atoms with Gasteiger partial charge in [0, 0.05) is 26.2 Å². The van der Waals surface area contributed by atoms with Crippen LogP contribution in [0, 0.1) is 0 Å². The van der Waals surface area contributed by atoms with E-state index in [0.717, 1.165) is 31.3 Å². The van der Waals surface area contributed by atoms with Crippen molar-refractivity contribution in [1.29, 1.82) is 0 Å². The molecule has 1 aromatic rings. The van der Waals surface area contributed by atoms with Gasteiger partial charge in [-0.3, -0.25) is 4.99 Å². The number of nitrogens with zero attached hydrogens (tertiary/aromatic N) is 3. The number of nitrogens with one attached hydrogen (secondary N) is 1. The van der Waals surface area contributed by atoms with Crippen molar-refractivity contribution in [3.05, 3.63) is 29.8 Å². The number of aliphatic imine (C=N–C) groups is 1. The summed E-state index contributed by atoms with van der Waals surface area (Å²) in [6.45, 7) is 8.59. The second-order valence-electron chi connectivity index (χ2n) is 6.40. The van der Waals surface area contributed by atoms with Crippen LogP contribution in [0.1, 0.15) is 32.3 Å². The highest BCUT2D eigenvalue weighted by atomic mass is 127. The minimum Gasteiger partial charge on any atom is -0.494 e. The summed E-state index contributed by atoms with van der Waals surface area (Å²) in [4.78, 5) is 9.46. The van der Waals surface area contributed by atoms with Crippen LogP contribution in [0.5, 0.6) is 5.75 Å². The Labute approximate surface area is 169 Å². The van der Waals surface area contributed by atoms with Gasteiger partial charge >= 0.3 is 0 Å². The predicted molar refractivity (Wildman–Crippen MR) is 116 cm³/mol. The zero-order valence-electron chi connectivity index (χ0n) is 16.0. The SMILES string of the molecule is CCNC(=NCC1CCCN1C)N(C)Cc1ccc(OCC)cc1.I. The average molecular weight is 460 g/mol. The monoisotopic (exact) mass is 460 g/mol. The maximum Gasteiger partial charge on any atom is 0.194 e. The number of guanidine groups is 1. The fourth-order valence-electron chi connectivity index (χ4n) is 3.08. The van der Waals surface area contributed by atoms with Crippen molar-refractivity contribution >= 4 is 29.9 Å². The summed E-state index contributed by atoms with van der Waals surface area (Å²) in [6, 6.07) is 8.89. The van der Waals surface area contributed by atoms with Gasteiger partial charge in [0.1, 0.15) is 5.75 Å². The number of hydrogen-bond donors (Lipinski definition) is 1. The normalized spacial score (nSPS) is 17.9. The van der Waals surface area contributed by atoms with E-state index in [9.17, 15) is 0 Å². The topological polar surface area (TPSA) is 40.1 Å². The maximum absolute atomic E-state index is 5.50. The minimum atomic E-state index is 0. The van der Waals surface area contributed by atoms with Crippen LogP contribution >= 0.6 is 24.0 Å². The lowest BCUT2D eigenvalue weighted by atomic mass is 10.2. The van der Waals surface area contributed by atoms with Gasteiger partial charge in [-0.2, -0.15) is 0 Å². The Hall–Kier alpha value is -1.02. The minimum absolute atomic E-state index is 0. The Balaban J connectivity index is 0.00000312. The third kappa shape index (κ3) is 7.01. The number of likely N-dealkylation sites (tertiary alicyclic amines) is 1. The zero-order chi connectivity index (χ0) is 17.4. The van der Waals surface area contributed by atoms with Gasteiger partial charge in [0.25, 0.3) is 0 Å². The molecule has 1 N–H and O–H groups in total. The molecule has 142 valence electrons. The van der Waals surface area contributed by atoms with Gasteiger partial charge < -0.3 is 19.9 Å². The molecule has 1 aliphatic rings. The number of halogens is 1. The Bertz CT molecular complexity index is 521. The van der Waals surface area contributed by atoms with E-state index < -0.39 is 0 Å². The van der Waals surface area contributed by atoms with E-state index in [1.165, 1.54) is 24.9 Å². The zero-order valence-corrected chi connectivity index (χ0v) is 18.3. The molecule has 1 atom stereocenters. The van der Waals surface area contributed by atoms with Crippen molar-refractivity contribution in [2.24, 2.45) is 4.99 Å². The van der Waals surface area contributed by atoms with Crippen LogP contribution in [-0.2, 0) is 6.54 Å². The van der Waals surface area contributed by atoms with Gasteiger partial charge in [-0.05, 0) is 58.0 Å². The summed E-state index contributed by atoms with van der Waals surface area (Å²) in [5.74, 6) is 1.90. The Morgan fingerprint density at radius 1 is 1.32 bits per heavy atom. The van der Waals surface area contributed by atoms with E-state index in [-0.39, 0.29) is 24.0 Å². The summed E-state index contributed by atoms with van der Waals surface area (Å²) in [7, 11) is 4.29. The highest BCUT2D eigenvalue weighted by Gasteiger charge is 2.20.